The molecule has 1 aliphatic heterocycles. The summed E-state index contributed by atoms with van der Waals surface area (Å²) in [5.74, 6) is -0.0956. The number of hydrogen-bond donors (Lipinski definition) is 0. The molecule has 0 saturated heterocycles. The van der Waals surface area contributed by atoms with E-state index in [0.717, 1.165) is 11.3 Å². The zero-order valence-corrected chi connectivity index (χ0v) is 10.3. The molecule has 0 aliphatic carbocycles. The van der Waals surface area contributed by atoms with Crippen LogP contribution in [0.15, 0.2) is 36.4 Å². The van der Waals surface area contributed by atoms with Crippen LogP contribution < -0.4 is 0 Å². The van der Waals surface area contributed by atoms with Gasteiger partial charge in [0.05, 0.1) is 19.6 Å². The molecule has 17 heavy (non-hydrogen) atoms. The molecule has 0 unspecified atom stereocenters. The summed E-state index contributed by atoms with van der Waals surface area (Å²) in [6.07, 6.45) is 2.64. The minimum atomic E-state index is -0.922. The van der Waals surface area contributed by atoms with Crippen molar-refractivity contribution in [2.75, 3.05) is 13.2 Å². The van der Waals surface area contributed by atoms with Gasteiger partial charge in [-0.2, -0.15) is 0 Å². The smallest absolute Gasteiger partial charge is 0.330 e. The second kappa shape index (κ2) is 5.34. The maximum Gasteiger partial charge on any atom is 0.330 e. The lowest BCUT2D eigenvalue weighted by molar-refractivity contribution is -0.343. The van der Waals surface area contributed by atoms with Gasteiger partial charge in [0.1, 0.15) is 5.76 Å². The molecule has 1 aliphatic rings. The predicted molar refractivity (Wildman–Crippen MR) is 66.1 cm³/mol. The lowest BCUT2D eigenvalue weighted by atomic mass is 10.2. The molecule has 0 N–H and O–H groups in total. The van der Waals surface area contributed by atoms with E-state index < -0.39 is 5.97 Å². The van der Waals surface area contributed by atoms with E-state index in [1.807, 2.05) is 50.3 Å². The van der Waals surface area contributed by atoms with E-state index in [1.54, 1.807) is 0 Å². The average Bonchev–Trinajstić information content (AvgIpc) is 2.76. The molecule has 1 aromatic carbocycles. The van der Waals surface area contributed by atoms with E-state index in [4.69, 9.17) is 14.2 Å². The van der Waals surface area contributed by atoms with Gasteiger partial charge in [0.25, 0.3) is 0 Å². The molecule has 3 nitrogen and oxygen atoms in total. The number of hydrogen-bond acceptors (Lipinski definition) is 3. The highest BCUT2D eigenvalue weighted by Crippen LogP contribution is 2.35. The van der Waals surface area contributed by atoms with Gasteiger partial charge in [0, 0.05) is 5.56 Å². The zero-order valence-electron chi connectivity index (χ0n) is 10.3. The molecule has 0 aromatic heterocycles. The van der Waals surface area contributed by atoms with Gasteiger partial charge in [-0.15, -0.1) is 0 Å². The van der Waals surface area contributed by atoms with Crippen molar-refractivity contribution >= 4 is 5.76 Å². The Bertz CT molecular complexity index is 378. The summed E-state index contributed by atoms with van der Waals surface area (Å²) in [6.45, 7) is 5.00. The van der Waals surface area contributed by atoms with E-state index in [0.29, 0.717) is 19.6 Å². The van der Waals surface area contributed by atoms with Crippen LogP contribution in [0.4, 0.5) is 0 Å². The van der Waals surface area contributed by atoms with Crippen molar-refractivity contribution in [3.63, 3.8) is 0 Å². The van der Waals surface area contributed by atoms with Gasteiger partial charge in [0.15, 0.2) is 0 Å². The monoisotopic (exact) mass is 234 g/mol. The van der Waals surface area contributed by atoms with Gasteiger partial charge in [-0.1, -0.05) is 30.3 Å². The predicted octanol–water partition coefficient (Wildman–Crippen LogP) is 3.17. The van der Waals surface area contributed by atoms with Crippen molar-refractivity contribution in [3.05, 3.63) is 42.0 Å². The van der Waals surface area contributed by atoms with Gasteiger partial charge in [0.2, 0.25) is 0 Å². The van der Waals surface area contributed by atoms with E-state index in [1.165, 1.54) is 0 Å². The molecule has 1 aromatic rings. The van der Waals surface area contributed by atoms with Crippen LogP contribution >= 0.6 is 0 Å². The summed E-state index contributed by atoms with van der Waals surface area (Å²) in [7, 11) is 0. The van der Waals surface area contributed by atoms with E-state index in [-0.39, 0.29) is 0 Å². The third-order valence-corrected chi connectivity index (χ3v) is 2.59. The van der Waals surface area contributed by atoms with Crippen molar-refractivity contribution in [1.29, 1.82) is 0 Å². The fourth-order valence-electron chi connectivity index (χ4n) is 1.91. The Morgan fingerprint density at radius 1 is 1.12 bits per heavy atom. The Morgan fingerprint density at radius 2 is 1.76 bits per heavy atom. The molecule has 0 atom stereocenters. The number of rotatable bonds is 5. The Balaban J connectivity index is 2.10. The zero-order chi connectivity index (χ0) is 12.1. The normalized spacial score (nSPS) is 17.6. The molecular weight excluding hydrogens is 216 g/mol. The van der Waals surface area contributed by atoms with Gasteiger partial charge < -0.3 is 14.2 Å². The summed E-state index contributed by atoms with van der Waals surface area (Å²) in [5.41, 5.74) is 1.05. The summed E-state index contributed by atoms with van der Waals surface area (Å²) in [6, 6.07) is 9.98. The number of benzene rings is 1. The topological polar surface area (TPSA) is 27.7 Å². The second-order valence-electron chi connectivity index (χ2n) is 3.79. The Kier molecular flexibility index (Phi) is 3.82. The third kappa shape index (κ3) is 2.68. The van der Waals surface area contributed by atoms with E-state index in [9.17, 15) is 0 Å². The highest BCUT2D eigenvalue weighted by Gasteiger charge is 2.38. The molecule has 0 spiro atoms. The Labute approximate surface area is 102 Å². The van der Waals surface area contributed by atoms with Crippen LogP contribution in [0.5, 0.6) is 0 Å². The molecule has 0 radical (unpaired) electrons. The molecule has 1 heterocycles. The molecule has 92 valence electrons. The van der Waals surface area contributed by atoms with E-state index in [2.05, 4.69) is 0 Å². The SMILES string of the molecule is CCOC1(OCC)CC=C(c2ccccc2)O1. The van der Waals surface area contributed by atoms with Crippen molar-refractivity contribution in [2.45, 2.75) is 26.2 Å². The number of ether oxygens (including phenoxy) is 3. The molecular formula is C14H18O3. The van der Waals surface area contributed by atoms with Crippen LogP contribution in [0.2, 0.25) is 0 Å². The van der Waals surface area contributed by atoms with Crippen molar-refractivity contribution in [3.8, 4) is 0 Å². The van der Waals surface area contributed by atoms with Crippen molar-refractivity contribution in [2.24, 2.45) is 0 Å². The molecule has 0 amide bonds. The average molecular weight is 234 g/mol. The fraction of sp³-hybridized carbons (Fsp3) is 0.429. The Morgan fingerprint density at radius 3 is 2.35 bits per heavy atom. The summed E-state index contributed by atoms with van der Waals surface area (Å²) in [5, 5.41) is 0. The second-order valence-corrected chi connectivity index (χ2v) is 3.79. The third-order valence-electron chi connectivity index (χ3n) is 2.59. The van der Waals surface area contributed by atoms with Crippen LogP contribution in [-0.2, 0) is 14.2 Å². The quantitative estimate of drug-likeness (QED) is 0.732. The van der Waals surface area contributed by atoms with Gasteiger partial charge in [-0.3, -0.25) is 0 Å². The molecule has 2 rings (SSSR count). The molecule has 0 bridgehead atoms. The van der Waals surface area contributed by atoms with Crippen LogP contribution in [-0.4, -0.2) is 19.2 Å². The van der Waals surface area contributed by atoms with Crippen molar-refractivity contribution < 1.29 is 14.2 Å². The van der Waals surface area contributed by atoms with Crippen LogP contribution in [0.1, 0.15) is 25.8 Å². The molecule has 0 fully saturated rings. The first-order valence-electron chi connectivity index (χ1n) is 6.02. The minimum Gasteiger partial charge on any atom is -0.438 e. The lowest BCUT2D eigenvalue weighted by Gasteiger charge is -2.28. The Hall–Kier alpha value is -1.32. The largest absolute Gasteiger partial charge is 0.438 e. The maximum atomic E-state index is 5.83. The lowest BCUT2D eigenvalue weighted by Crippen LogP contribution is -2.35. The highest BCUT2D eigenvalue weighted by atomic mass is 16.9. The first kappa shape index (κ1) is 12.1. The summed E-state index contributed by atoms with van der Waals surface area (Å²) in [4.78, 5) is 0. The standard InChI is InChI=1S/C14H18O3/c1-3-15-14(16-4-2)11-10-13(17-14)12-8-6-5-7-9-12/h5-10H,3-4,11H2,1-2H3. The first-order chi connectivity index (χ1) is 8.29. The van der Waals surface area contributed by atoms with Gasteiger partial charge in [-0.05, 0) is 19.9 Å². The summed E-state index contributed by atoms with van der Waals surface area (Å²) < 4.78 is 17.0. The van der Waals surface area contributed by atoms with Crippen LogP contribution in [0.25, 0.3) is 5.76 Å². The van der Waals surface area contributed by atoms with E-state index >= 15 is 0 Å². The fourth-order valence-corrected chi connectivity index (χ4v) is 1.91. The maximum absolute atomic E-state index is 5.83. The van der Waals surface area contributed by atoms with Crippen LogP contribution in [0.3, 0.4) is 0 Å². The minimum absolute atomic E-state index is 0.565. The van der Waals surface area contributed by atoms with Gasteiger partial charge in [-0.25, -0.2) is 0 Å². The molecule has 3 heteroatoms. The summed E-state index contributed by atoms with van der Waals surface area (Å²) >= 11 is 0. The van der Waals surface area contributed by atoms with Gasteiger partial charge >= 0.3 is 5.97 Å². The first-order valence-corrected chi connectivity index (χ1v) is 6.02. The highest BCUT2D eigenvalue weighted by molar-refractivity contribution is 5.61. The van der Waals surface area contributed by atoms with Crippen LogP contribution in [0, 0.1) is 0 Å². The molecule has 0 saturated carbocycles. The van der Waals surface area contributed by atoms with Crippen molar-refractivity contribution in [1.82, 2.24) is 0 Å².